The molecular weight excluding hydrogens is 672 g/mol. The van der Waals surface area contributed by atoms with Crippen molar-refractivity contribution in [2.45, 2.75) is 97.8 Å². The van der Waals surface area contributed by atoms with Crippen LogP contribution in [0.5, 0.6) is 11.5 Å². The Bertz CT molecular complexity index is 1490. The summed E-state index contributed by atoms with van der Waals surface area (Å²) >= 11 is 0. The molecule has 0 unspecified atom stereocenters. The number of nitrogens with one attached hydrogen (secondary N) is 4. The van der Waals surface area contributed by atoms with Crippen molar-refractivity contribution in [3.05, 3.63) is 41.3 Å². The molecule has 0 saturated carbocycles. The third-order valence-electron chi connectivity index (χ3n) is 8.40. The molecule has 1 aromatic carbocycles. The first-order chi connectivity index (χ1) is 24.8. The van der Waals surface area contributed by atoms with Crippen molar-refractivity contribution in [2.24, 2.45) is 11.8 Å². The van der Waals surface area contributed by atoms with Gasteiger partial charge in [0, 0.05) is 45.1 Å². The Morgan fingerprint density at radius 2 is 1.65 bits per heavy atom. The highest BCUT2D eigenvalue weighted by molar-refractivity contribution is 5.93. The van der Waals surface area contributed by atoms with Crippen molar-refractivity contribution in [1.82, 2.24) is 31.3 Å². The van der Waals surface area contributed by atoms with E-state index in [2.05, 4.69) is 26.4 Å². The number of aryl methyl sites for hydroxylation is 1. The lowest BCUT2D eigenvalue weighted by Gasteiger charge is -2.26. The third-order valence-corrected chi connectivity index (χ3v) is 8.40. The summed E-state index contributed by atoms with van der Waals surface area (Å²) in [6.45, 7) is 10.3. The maximum Gasteiger partial charge on any atom is 0.276 e. The van der Waals surface area contributed by atoms with Gasteiger partial charge in [0.1, 0.15) is 17.8 Å². The summed E-state index contributed by atoms with van der Waals surface area (Å²) in [6.07, 6.45) is 1.67. The second-order valence-electron chi connectivity index (χ2n) is 14.0. The van der Waals surface area contributed by atoms with Crippen LogP contribution in [0, 0.1) is 11.8 Å². The van der Waals surface area contributed by atoms with Gasteiger partial charge in [-0.25, -0.2) is 0 Å². The molecule has 15 heteroatoms. The number of aliphatic hydroxyl groups is 1. The Labute approximate surface area is 305 Å². The number of rotatable bonds is 7. The van der Waals surface area contributed by atoms with Crippen molar-refractivity contribution in [3.8, 4) is 11.5 Å². The summed E-state index contributed by atoms with van der Waals surface area (Å²) in [4.78, 5) is 67.2. The number of ether oxygens (including phenoxy) is 2. The number of carbonyl (C=O) groups is 5. The van der Waals surface area contributed by atoms with Crippen LogP contribution in [-0.2, 0) is 32.0 Å². The topological polar surface area (TPSA) is 201 Å². The first-order valence-corrected chi connectivity index (χ1v) is 18.1. The Hall–Kier alpha value is -4.66. The van der Waals surface area contributed by atoms with Crippen LogP contribution in [0.2, 0.25) is 0 Å². The zero-order valence-electron chi connectivity index (χ0n) is 31.3. The number of aliphatic hydroxyl groups excluding tert-OH is 1. The summed E-state index contributed by atoms with van der Waals surface area (Å²) < 4.78 is 16.6. The van der Waals surface area contributed by atoms with E-state index in [-0.39, 0.29) is 48.9 Å². The molecule has 15 nitrogen and oxygen atoms in total. The van der Waals surface area contributed by atoms with Gasteiger partial charge in [-0.1, -0.05) is 38.9 Å². The number of fused-ring (bicyclic) bond motifs is 23. The standard InChI is InChI=1S/C37H56N6O9/c1-23(2)18-27-21-29(42-52-27)37(49)43-16-8-7-14-39-36(48)34(25(5)44)41-35(47)28(19-24(3)4)40-32(45)13-11-26-10-12-30(31(20-26)50-6)51-22-33(46)38-15-9-17-43/h10,12,20-21,23-25,28,34,44H,7-9,11,13-19,22H2,1-6H3,(H,38,46)(H,39,48)(H,40,45)(H,41,47)/t25-,28-,34+/m1/s1. The van der Waals surface area contributed by atoms with E-state index >= 15 is 0 Å². The maximum atomic E-state index is 13.5. The normalized spacial score (nSPS) is 20.1. The van der Waals surface area contributed by atoms with Gasteiger partial charge in [-0.15, -0.1) is 0 Å². The monoisotopic (exact) mass is 728 g/mol. The average molecular weight is 729 g/mol. The van der Waals surface area contributed by atoms with Gasteiger partial charge in [0.05, 0.1) is 13.2 Å². The minimum Gasteiger partial charge on any atom is -0.493 e. The first kappa shape index (κ1) is 41.8. The Morgan fingerprint density at radius 3 is 2.35 bits per heavy atom. The molecule has 0 aliphatic carbocycles. The summed E-state index contributed by atoms with van der Waals surface area (Å²) in [5.41, 5.74) is 0.977. The molecular formula is C37H56N6O9. The zero-order valence-corrected chi connectivity index (χ0v) is 31.3. The van der Waals surface area contributed by atoms with Crippen LogP contribution in [0.4, 0.5) is 0 Å². The van der Waals surface area contributed by atoms with Crippen LogP contribution in [0.15, 0.2) is 28.8 Å². The largest absolute Gasteiger partial charge is 0.493 e. The molecule has 4 rings (SSSR count). The van der Waals surface area contributed by atoms with Gasteiger partial charge in [0.15, 0.2) is 23.8 Å². The van der Waals surface area contributed by atoms with Gasteiger partial charge < -0.3 is 45.3 Å². The summed E-state index contributed by atoms with van der Waals surface area (Å²) in [5.74, 6) is -0.400. The molecule has 2 aromatic rings. The molecule has 2 aliphatic rings. The quantitative estimate of drug-likeness (QED) is 0.263. The number of hydrogen-bond acceptors (Lipinski definition) is 10. The highest BCUT2D eigenvalue weighted by Crippen LogP contribution is 2.28. The van der Waals surface area contributed by atoms with E-state index in [1.807, 2.05) is 27.7 Å². The predicted molar refractivity (Wildman–Crippen MR) is 193 cm³/mol. The lowest BCUT2D eigenvalue weighted by Crippen LogP contribution is -2.57. The number of methoxy groups -OCH3 is 1. The fraction of sp³-hybridized carbons (Fsp3) is 0.622. The second kappa shape index (κ2) is 21.0. The van der Waals surface area contributed by atoms with Gasteiger partial charge in [-0.05, 0) is 68.6 Å². The summed E-state index contributed by atoms with van der Waals surface area (Å²) in [6, 6.07) is 4.64. The molecule has 3 heterocycles. The van der Waals surface area contributed by atoms with Crippen LogP contribution in [0.1, 0.15) is 88.5 Å². The van der Waals surface area contributed by atoms with Crippen molar-refractivity contribution < 1.29 is 43.1 Å². The minimum absolute atomic E-state index is 0.0481. The van der Waals surface area contributed by atoms with Crippen molar-refractivity contribution in [1.29, 1.82) is 0 Å². The molecule has 0 radical (unpaired) electrons. The molecule has 0 fully saturated rings. The molecule has 52 heavy (non-hydrogen) atoms. The summed E-state index contributed by atoms with van der Waals surface area (Å²) in [7, 11) is 1.48. The fourth-order valence-corrected chi connectivity index (χ4v) is 5.70. The molecule has 1 aromatic heterocycles. The van der Waals surface area contributed by atoms with Gasteiger partial charge in [-0.2, -0.15) is 0 Å². The van der Waals surface area contributed by atoms with Crippen LogP contribution in [0.25, 0.3) is 0 Å². The van der Waals surface area contributed by atoms with Gasteiger partial charge in [0.25, 0.3) is 11.8 Å². The SMILES string of the molecule is COc1cc2ccc1OCC(=O)NCCCN(C(=O)c1cc(CC(C)C)on1)CCCCNC(=O)[C@H]([C@@H](C)O)NC(=O)[C@@H](CC(C)C)NC(=O)CC2. The maximum absolute atomic E-state index is 13.5. The Kier molecular flexibility index (Phi) is 16.9. The van der Waals surface area contributed by atoms with Crippen molar-refractivity contribution in [3.63, 3.8) is 0 Å². The number of aromatic nitrogens is 1. The molecule has 5 N–H and O–H groups in total. The highest BCUT2D eigenvalue weighted by Gasteiger charge is 2.30. The molecule has 0 spiro atoms. The third kappa shape index (κ3) is 13.8. The molecule has 3 atom stereocenters. The van der Waals surface area contributed by atoms with E-state index in [4.69, 9.17) is 14.0 Å². The van der Waals surface area contributed by atoms with Gasteiger partial charge in [0.2, 0.25) is 17.7 Å². The average Bonchev–Trinajstić information content (AvgIpc) is 3.55. The predicted octanol–water partition coefficient (Wildman–Crippen LogP) is 2.15. The van der Waals surface area contributed by atoms with E-state index < -0.39 is 30.0 Å². The lowest BCUT2D eigenvalue weighted by molar-refractivity contribution is -0.134. The van der Waals surface area contributed by atoms with Crippen LogP contribution >= 0.6 is 0 Å². The van der Waals surface area contributed by atoms with E-state index in [9.17, 15) is 29.1 Å². The Balaban J connectivity index is 1.79. The molecule has 2 bridgehead atoms. The number of benzene rings is 1. The zero-order chi connectivity index (χ0) is 38.2. The van der Waals surface area contributed by atoms with Gasteiger partial charge in [-0.3, -0.25) is 24.0 Å². The molecule has 288 valence electrons. The number of carbonyl (C=O) groups excluding carboxylic acids is 5. The van der Waals surface area contributed by atoms with E-state index in [0.717, 1.165) is 5.56 Å². The van der Waals surface area contributed by atoms with Crippen molar-refractivity contribution in [2.75, 3.05) is 39.9 Å². The number of amides is 5. The summed E-state index contributed by atoms with van der Waals surface area (Å²) in [5, 5.41) is 25.4. The molecule has 0 saturated heterocycles. The van der Waals surface area contributed by atoms with E-state index in [0.29, 0.717) is 81.3 Å². The van der Waals surface area contributed by atoms with Crippen molar-refractivity contribution >= 4 is 29.5 Å². The molecule has 2 aliphatic heterocycles. The van der Waals surface area contributed by atoms with Gasteiger partial charge >= 0.3 is 0 Å². The fourth-order valence-electron chi connectivity index (χ4n) is 5.70. The van der Waals surface area contributed by atoms with E-state index in [1.165, 1.54) is 14.0 Å². The molecule has 5 amide bonds. The smallest absolute Gasteiger partial charge is 0.276 e. The van der Waals surface area contributed by atoms with Crippen LogP contribution < -0.4 is 30.7 Å². The first-order valence-electron chi connectivity index (χ1n) is 18.1. The lowest BCUT2D eigenvalue weighted by atomic mass is 10.0. The van der Waals surface area contributed by atoms with E-state index in [1.54, 1.807) is 29.2 Å². The second-order valence-corrected chi connectivity index (χ2v) is 14.0. The highest BCUT2D eigenvalue weighted by atomic mass is 16.5. The van der Waals surface area contributed by atoms with Crippen LogP contribution in [-0.4, -0.2) is 103 Å². The number of hydrogen-bond donors (Lipinski definition) is 5. The van der Waals surface area contributed by atoms with Crippen LogP contribution in [0.3, 0.4) is 0 Å². The Morgan fingerprint density at radius 1 is 0.923 bits per heavy atom. The minimum atomic E-state index is -1.24. The number of nitrogens with zero attached hydrogens (tertiary/aromatic N) is 2.